The van der Waals surface area contributed by atoms with Gasteiger partial charge in [0.25, 0.3) is 5.91 Å². The quantitative estimate of drug-likeness (QED) is 0.501. The van der Waals surface area contributed by atoms with E-state index in [-0.39, 0.29) is 5.56 Å². The van der Waals surface area contributed by atoms with Crippen LogP contribution in [0.15, 0.2) is 42.5 Å². The Bertz CT molecular complexity index is 706. The Morgan fingerprint density at radius 1 is 1.04 bits per heavy atom. The molecule has 1 atom stereocenters. The van der Waals surface area contributed by atoms with Crippen LogP contribution in [0.3, 0.4) is 0 Å². The molecule has 7 heteroatoms. The van der Waals surface area contributed by atoms with Gasteiger partial charge >= 0.3 is 5.97 Å². The van der Waals surface area contributed by atoms with Crippen LogP contribution in [-0.4, -0.2) is 34.3 Å². The standard InChI is InChI=1S/C16H15NO6/c1-23-16(22)13(9-5-3-2-4-6-9)17-15(21)10-7-11(18)14(20)12(19)8-10/h2-8,13,18-20H,1H3,(H,17,21)/t13-/m1/s1. The van der Waals surface area contributed by atoms with Gasteiger partial charge in [-0.3, -0.25) is 4.79 Å². The molecule has 0 saturated carbocycles. The Morgan fingerprint density at radius 3 is 2.13 bits per heavy atom. The van der Waals surface area contributed by atoms with Crippen LogP contribution in [0, 0.1) is 0 Å². The topological polar surface area (TPSA) is 116 Å². The van der Waals surface area contributed by atoms with E-state index in [2.05, 4.69) is 10.1 Å². The van der Waals surface area contributed by atoms with Crippen LogP contribution >= 0.6 is 0 Å². The Kier molecular flexibility index (Phi) is 4.70. The third-order valence-corrected chi connectivity index (χ3v) is 3.18. The van der Waals surface area contributed by atoms with Crippen molar-refractivity contribution in [1.82, 2.24) is 5.32 Å². The zero-order valence-electron chi connectivity index (χ0n) is 12.2. The van der Waals surface area contributed by atoms with Crippen LogP contribution < -0.4 is 5.32 Å². The van der Waals surface area contributed by atoms with Gasteiger partial charge in [0, 0.05) is 5.56 Å². The SMILES string of the molecule is COC(=O)[C@H](NC(=O)c1cc(O)c(O)c(O)c1)c1ccccc1. The largest absolute Gasteiger partial charge is 0.504 e. The molecule has 23 heavy (non-hydrogen) atoms. The van der Waals surface area contributed by atoms with Crippen LogP contribution in [-0.2, 0) is 9.53 Å². The second-order valence-electron chi connectivity index (χ2n) is 4.70. The molecule has 0 unspecified atom stereocenters. The molecule has 0 aliphatic rings. The maximum Gasteiger partial charge on any atom is 0.333 e. The minimum Gasteiger partial charge on any atom is -0.504 e. The summed E-state index contributed by atoms with van der Waals surface area (Å²) < 4.78 is 4.68. The molecule has 4 N–H and O–H groups in total. The Morgan fingerprint density at radius 2 is 1.61 bits per heavy atom. The van der Waals surface area contributed by atoms with E-state index >= 15 is 0 Å². The van der Waals surface area contributed by atoms with E-state index in [4.69, 9.17) is 0 Å². The molecule has 2 aromatic rings. The molecule has 2 aromatic carbocycles. The molecule has 0 radical (unpaired) electrons. The van der Waals surface area contributed by atoms with Crippen molar-refractivity contribution in [2.75, 3.05) is 7.11 Å². The third kappa shape index (κ3) is 3.52. The highest BCUT2D eigenvalue weighted by molar-refractivity contribution is 5.98. The second-order valence-corrected chi connectivity index (χ2v) is 4.70. The van der Waals surface area contributed by atoms with E-state index in [1.54, 1.807) is 30.3 Å². The monoisotopic (exact) mass is 317 g/mol. The summed E-state index contributed by atoms with van der Waals surface area (Å²) in [6.45, 7) is 0. The molecular weight excluding hydrogens is 302 g/mol. The average molecular weight is 317 g/mol. The molecule has 0 saturated heterocycles. The van der Waals surface area contributed by atoms with Gasteiger partial charge in [0.2, 0.25) is 0 Å². The number of amides is 1. The van der Waals surface area contributed by atoms with Crippen LogP contribution in [0.2, 0.25) is 0 Å². The molecule has 7 nitrogen and oxygen atoms in total. The lowest BCUT2D eigenvalue weighted by molar-refractivity contribution is -0.143. The molecule has 0 aliphatic heterocycles. The highest BCUT2D eigenvalue weighted by atomic mass is 16.5. The molecule has 0 heterocycles. The Labute approximate surface area is 131 Å². The number of phenols is 3. The summed E-state index contributed by atoms with van der Waals surface area (Å²) in [6.07, 6.45) is 0. The number of hydrogen-bond donors (Lipinski definition) is 4. The molecule has 2 rings (SSSR count). The van der Waals surface area contributed by atoms with Crippen molar-refractivity contribution in [3.63, 3.8) is 0 Å². The van der Waals surface area contributed by atoms with Crippen LogP contribution in [0.1, 0.15) is 22.0 Å². The fraction of sp³-hybridized carbons (Fsp3) is 0.125. The third-order valence-electron chi connectivity index (χ3n) is 3.18. The Balaban J connectivity index is 2.30. The summed E-state index contributed by atoms with van der Waals surface area (Å²) in [5, 5.41) is 30.7. The molecular formula is C16H15NO6. The molecule has 120 valence electrons. The number of esters is 1. The highest BCUT2D eigenvalue weighted by Gasteiger charge is 2.24. The maximum absolute atomic E-state index is 12.2. The van der Waals surface area contributed by atoms with E-state index < -0.39 is 35.2 Å². The lowest BCUT2D eigenvalue weighted by Crippen LogP contribution is -2.34. The predicted molar refractivity (Wildman–Crippen MR) is 80.1 cm³/mol. The first-order valence-electron chi connectivity index (χ1n) is 6.62. The number of phenolic OH excluding ortho intramolecular Hbond substituents is 3. The number of methoxy groups -OCH3 is 1. The van der Waals surface area contributed by atoms with Crippen molar-refractivity contribution in [2.45, 2.75) is 6.04 Å². The zero-order valence-corrected chi connectivity index (χ0v) is 12.2. The number of hydrogen-bond acceptors (Lipinski definition) is 6. The van der Waals surface area contributed by atoms with Crippen molar-refractivity contribution in [3.05, 3.63) is 53.6 Å². The number of aromatic hydroxyl groups is 3. The summed E-state index contributed by atoms with van der Waals surface area (Å²) >= 11 is 0. The highest BCUT2D eigenvalue weighted by Crippen LogP contribution is 2.35. The first-order valence-corrected chi connectivity index (χ1v) is 6.62. The number of rotatable bonds is 4. The number of nitrogens with one attached hydrogen (secondary N) is 1. The van der Waals surface area contributed by atoms with Crippen molar-refractivity contribution in [3.8, 4) is 17.2 Å². The first kappa shape index (κ1) is 16.2. The number of carbonyl (C=O) groups excluding carboxylic acids is 2. The van der Waals surface area contributed by atoms with Gasteiger partial charge in [-0.25, -0.2) is 4.79 Å². The average Bonchev–Trinajstić information content (AvgIpc) is 2.56. The fourth-order valence-electron chi connectivity index (χ4n) is 1.99. The Hall–Kier alpha value is -3.22. The van der Waals surface area contributed by atoms with E-state index in [1.165, 1.54) is 7.11 Å². The van der Waals surface area contributed by atoms with Gasteiger partial charge < -0.3 is 25.4 Å². The molecule has 1 amide bonds. The van der Waals surface area contributed by atoms with E-state index in [0.717, 1.165) is 12.1 Å². The lowest BCUT2D eigenvalue weighted by atomic mass is 10.1. The maximum atomic E-state index is 12.2. The first-order chi connectivity index (χ1) is 10.9. The van der Waals surface area contributed by atoms with Crippen molar-refractivity contribution in [2.24, 2.45) is 0 Å². The summed E-state index contributed by atoms with van der Waals surface area (Å²) in [5.74, 6) is -3.42. The van der Waals surface area contributed by atoms with Crippen LogP contribution in [0.25, 0.3) is 0 Å². The number of carbonyl (C=O) groups is 2. The van der Waals surface area contributed by atoms with Gasteiger partial charge in [0.15, 0.2) is 23.3 Å². The zero-order chi connectivity index (χ0) is 17.0. The van der Waals surface area contributed by atoms with E-state index in [1.807, 2.05) is 0 Å². The summed E-state index contributed by atoms with van der Waals surface area (Å²) in [7, 11) is 1.20. The molecule has 0 fully saturated rings. The smallest absolute Gasteiger partial charge is 0.333 e. The van der Waals surface area contributed by atoms with Gasteiger partial charge in [-0.05, 0) is 17.7 Å². The van der Waals surface area contributed by atoms with Gasteiger partial charge in [-0.2, -0.15) is 0 Å². The van der Waals surface area contributed by atoms with Gasteiger partial charge in [-0.15, -0.1) is 0 Å². The molecule has 0 aliphatic carbocycles. The summed E-state index contributed by atoms with van der Waals surface area (Å²) in [5.41, 5.74) is 0.391. The molecule has 0 aromatic heterocycles. The lowest BCUT2D eigenvalue weighted by Gasteiger charge is -2.17. The van der Waals surface area contributed by atoms with Gasteiger partial charge in [-0.1, -0.05) is 30.3 Å². The van der Waals surface area contributed by atoms with Crippen molar-refractivity contribution in [1.29, 1.82) is 0 Å². The normalized spacial score (nSPS) is 11.5. The minimum absolute atomic E-state index is 0.123. The van der Waals surface area contributed by atoms with Gasteiger partial charge in [0.05, 0.1) is 7.11 Å². The van der Waals surface area contributed by atoms with Crippen molar-refractivity contribution < 1.29 is 29.6 Å². The minimum atomic E-state index is -1.05. The number of benzene rings is 2. The fourth-order valence-corrected chi connectivity index (χ4v) is 1.99. The summed E-state index contributed by atoms with van der Waals surface area (Å²) in [6, 6.07) is 9.36. The van der Waals surface area contributed by atoms with Crippen molar-refractivity contribution >= 4 is 11.9 Å². The predicted octanol–water partition coefficient (Wildman–Crippen LogP) is 1.45. The molecule has 0 spiro atoms. The van der Waals surface area contributed by atoms with E-state index in [9.17, 15) is 24.9 Å². The second kappa shape index (κ2) is 6.69. The summed E-state index contributed by atoms with van der Waals surface area (Å²) in [4.78, 5) is 24.1. The molecule has 0 bridgehead atoms. The van der Waals surface area contributed by atoms with Crippen LogP contribution in [0.4, 0.5) is 0 Å². The van der Waals surface area contributed by atoms with Crippen LogP contribution in [0.5, 0.6) is 17.2 Å². The number of ether oxygens (including phenoxy) is 1. The van der Waals surface area contributed by atoms with Gasteiger partial charge in [0.1, 0.15) is 0 Å². The van der Waals surface area contributed by atoms with E-state index in [0.29, 0.717) is 5.56 Å².